The second kappa shape index (κ2) is 6.74. The van der Waals surface area contributed by atoms with Crippen LogP contribution < -0.4 is 0 Å². The molecule has 0 N–H and O–H groups in total. The molecule has 1 atom stereocenters. The van der Waals surface area contributed by atoms with Gasteiger partial charge in [0.05, 0.1) is 25.0 Å². The number of hydrogen-bond acceptors (Lipinski definition) is 6. The molecule has 6 heteroatoms. The molecule has 0 radical (unpaired) electrons. The Labute approximate surface area is 118 Å². The zero-order chi connectivity index (χ0) is 12.9. The predicted molar refractivity (Wildman–Crippen MR) is 73.1 cm³/mol. The monoisotopic (exact) mass is 283 g/mol. The lowest BCUT2D eigenvalue weighted by atomic mass is 10.1. The fraction of sp³-hybridized carbons (Fsp3) is 0.846. The van der Waals surface area contributed by atoms with Gasteiger partial charge < -0.3 is 9.47 Å². The summed E-state index contributed by atoms with van der Waals surface area (Å²) in [4.78, 5) is 2.44. The van der Waals surface area contributed by atoms with Crippen molar-refractivity contribution in [2.75, 3.05) is 32.9 Å². The van der Waals surface area contributed by atoms with Crippen molar-refractivity contribution in [3.63, 3.8) is 0 Å². The average Bonchev–Trinajstić information content (AvgIpc) is 3.11. The van der Waals surface area contributed by atoms with Crippen molar-refractivity contribution in [1.29, 1.82) is 0 Å². The van der Waals surface area contributed by atoms with E-state index in [-0.39, 0.29) is 0 Å². The van der Waals surface area contributed by atoms with E-state index in [4.69, 9.17) is 9.47 Å². The van der Waals surface area contributed by atoms with Crippen molar-refractivity contribution in [3.8, 4) is 0 Å². The highest BCUT2D eigenvalue weighted by molar-refractivity contribution is 7.03. The zero-order valence-corrected chi connectivity index (χ0v) is 12.0. The van der Waals surface area contributed by atoms with Crippen molar-refractivity contribution in [2.24, 2.45) is 5.92 Å². The standard InChI is InChI=1S/C13H21N3O2S/c1-4-16(7-12-10-19-15-14-12)5-2-13(1)18-9-11-3-6-17-8-11/h10-11,13H,1-9H2. The summed E-state index contributed by atoms with van der Waals surface area (Å²) in [6, 6.07) is 0. The second-order valence-corrected chi connectivity index (χ2v) is 6.04. The quantitative estimate of drug-likeness (QED) is 0.820. The topological polar surface area (TPSA) is 47.5 Å². The summed E-state index contributed by atoms with van der Waals surface area (Å²) in [5.74, 6) is 0.624. The molecule has 0 aliphatic carbocycles. The van der Waals surface area contributed by atoms with E-state index in [1.54, 1.807) is 0 Å². The van der Waals surface area contributed by atoms with Gasteiger partial charge in [0, 0.05) is 37.5 Å². The van der Waals surface area contributed by atoms with Gasteiger partial charge in [0.15, 0.2) is 0 Å². The maximum absolute atomic E-state index is 6.02. The van der Waals surface area contributed by atoms with Gasteiger partial charge in [0.25, 0.3) is 0 Å². The molecular weight excluding hydrogens is 262 g/mol. The Morgan fingerprint density at radius 3 is 2.95 bits per heavy atom. The summed E-state index contributed by atoms with van der Waals surface area (Å²) in [5.41, 5.74) is 1.09. The van der Waals surface area contributed by atoms with E-state index in [0.717, 1.165) is 64.4 Å². The van der Waals surface area contributed by atoms with Crippen molar-refractivity contribution in [3.05, 3.63) is 11.1 Å². The number of nitrogens with zero attached hydrogens (tertiary/aromatic N) is 3. The molecule has 0 amide bonds. The van der Waals surface area contributed by atoms with Gasteiger partial charge in [-0.3, -0.25) is 4.90 Å². The molecule has 0 bridgehead atoms. The van der Waals surface area contributed by atoms with E-state index in [1.165, 1.54) is 11.5 Å². The first-order valence-corrected chi connectivity index (χ1v) is 7.91. The van der Waals surface area contributed by atoms with Gasteiger partial charge in [0.1, 0.15) is 0 Å². The van der Waals surface area contributed by atoms with Gasteiger partial charge >= 0.3 is 0 Å². The Morgan fingerprint density at radius 2 is 2.26 bits per heavy atom. The first-order chi connectivity index (χ1) is 9.40. The minimum atomic E-state index is 0.436. The zero-order valence-electron chi connectivity index (χ0n) is 11.2. The Bertz CT molecular complexity index is 360. The van der Waals surface area contributed by atoms with Gasteiger partial charge in [-0.1, -0.05) is 4.49 Å². The van der Waals surface area contributed by atoms with Crippen molar-refractivity contribution >= 4 is 11.5 Å². The van der Waals surface area contributed by atoms with E-state index in [2.05, 4.69) is 14.5 Å². The van der Waals surface area contributed by atoms with Gasteiger partial charge in [-0.25, -0.2) is 0 Å². The molecule has 19 heavy (non-hydrogen) atoms. The molecular formula is C13H21N3O2S. The van der Waals surface area contributed by atoms with E-state index in [1.807, 2.05) is 5.38 Å². The second-order valence-electron chi connectivity index (χ2n) is 5.43. The highest BCUT2D eigenvalue weighted by Gasteiger charge is 2.22. The van der Waals surface area contributed by atoms with Crippen molar-refractivity contribution in [1.82, 2.24) is 14.5 Å². The largest absolute Gasteiger partial charge is 0.381 e. The average molecular weight is 283 g/mol. The molecule has 2 aliphatic rings. The molecule has 1 aromatic rings. The Hall–Kier alpha value is -0.560. The maximum Gasteiger partial charge on any atom is 0.0895 e. The summed E-state index contributed by atoms with van der Waals surface area (Å²) in [7, 11) is 0. The maximum atomic E-state index is 6.02. The normalized spacial score (nSPS) is 26.0. The fourth-order valence-electron chi connectivity index (χ4n) is 2.70. The van der Waals surface area contributed by atoms with Crippen molar-refractivity contribution in [2.45, 2.75) is 31.9 Å². The minimum Gasteiger partial charge on any atom is -0.381 e. The van der Waals surface area contributed by atoms with E-state index >= 15 is 0 Å². The SMILES string of the molecule is c1snnc1CN1CCC(OCC2CCOC2)CC1. The van der Waals surface area contributed by atoms with Crippen LogP contribution in [0.1, 0.15) is 25.0 Å². The van der Waals surface area contributed by atoms with E-state index < -0.39 is 0 Å². The number of likely N-dealkylation sites (tertiary alicyclic amines) is 1. The molecule has 3 rings (SSSR count). The lowest BCUT2D eigenvalue weighted by molar-refractivity contribution is -0.0118. The van der Waals surface area contributed by atoms with Crippen LogP contribution in [0.4, 0.5) is 0 Å². The molecule has 2 aliphatic heterocycles. The van der Waals surface area contributed by atoms with E-state index in [0.29, 0.717) is 12.0 Å². The Morgan fingerprint density at radius 1 is 1.37 bits per heavy atom. The lowest BCUT2D eigenvalue weighted by Crippen LogP contribution is -2.37. The summed E-state index contributed by atoms with van der Waals surface area (Å²) in [6.07, 6.45) is 3.86. The molecule has 0 saturated carbocycles. The highest BCUT2D eigenvalue weighted by atomic mass is 32.1. The van der Waals surface area contributed by atoms with Crippen LogP contribution in [0.3, 0.4) is 0 Å². The lowest BCUT2D eigenvalue weighted by Gasteiger charge is -2.31. The summed E-state index contributed by atoms with van der Waals surface area (Å²) in [5, 5.41) is 6.13. The van der Waals surface area contributed by atoms with Crippen LogP contribution in [0.15, 0.2) is 5.38 Å². The van der Waals surface area contributed by atoms with Crippen LogP contribution in [0.5, 0.6) is 0 Å². The summed E-state index contributed by atoms with van der Waals surface area (Å²) in [6.45, 7) is 5.80. The van der Waals surface area contributed by atoms with Gasteiger partial charge in [-0.2, -0.15) is 0 Å². The van der Waals surface area contributed by atoms with Crippen LogP contribution in [0.2, 0.25) is 0 Å². The van der Waals surface area contributed by atoms with Crippen LogP contribution in [-0.4, -0.2) is 53.5 Å². The summed E-state index contributed by atoms with van der Waals surface area (Å²) < 4.78 is 15.3. The molecule has 3 heterocycles. The molecule has 106 valence electrons. The molecule has 5 nitrogen and oxygen atoms in total. The third kappa shape index (κ3) is 3.95. The Kier molecular flexibility index (Phi) is 4.76. The van der Waals surface area contributed by atoms with Crippen LogP contribution >= 0.6 is 11.5 Å². The smallest absolute Gasteiger partial charge is 0.0895 e. The first kappa shape index (κ1) is 13.4. The fourth-order valence-corrected chi connectivity index (χ4v) is 3.15. The molecule has 2 saturated heterocycles. The Balaban J connectivity index is 1.34. The number of rotatable bonds is 5. The van der Waals surface area contributed by atoms with Crippen LogP contribution in [0.25, 0.3) is 0 Å². The van der Waals surface area contributed by atoms with Gasteiger partial charge in [0.2, 0.25) is 0 Å². The minimum absolute atomic E-state index is 0.436. The number of hydrogen-bond donors (Lipinski definition) is 0. The molecule has 2 fully saturated rings. The molecule has 0 aromatic carbocycles. The van der Waals surface area contributed by atoms with Crippen LogP contribution in [-0.2, 0) is 16.0 Å². The first-order valence-electron chi connectivity index (χ1n) is 7.08. The summed E-state index contributed by atoms with van der Waals surface area (Å²) >= 11 is 1.43. The van der Waals surface area contributed by atoms with Gasteiger partial charge in [-0.15, -0.1) is 5.10 Å². The van der Waals surface area contributed by atoms with Crippen LogP contribution in [0, 0.1) is 5.92 Å². The van der Waals surface area contributed by atoms with E-state index in [9.17, 15) is 0 Å². The number of piperidine rings is 1. The van der Waals surface area contributed by atoms with Crippen molar-refractivity contribution < 1.29 is 9.47 Å². The highest BCUT2D eigenvalue weighted by Crippen LogP contribution is 2.19. The van der Waals surface area contributed by atoms with Gasteiger partial charge in [-0.05, 0) is 30.8 Å². The predicted octanol–water partition coefficient (Wildman–Crippen LogP) is 1.56. The molecule has 1 unspecified atom stereocenters. The molecule has 0 spiro atoms. The molecule has 1 aromatic heterocycles. The number of aromatic nitrogens is 2. The number of ether oxygens (including phenoxy) is 2. The third-order valence-corrected chi connectivity index (χ3v) is 4.47. The third-order valence-electron chi connectivity index (χ3n) is 3.92.